The van der Waals surface area contributed by atoms with E-state index in [1.165, 1.54) is 30.0 Å². The number of aromatic nitrogens is 2. The number of fused-ring (bicyclic) bond motifs is 1. The number of allylic oxidation sites excluding steroid dienone is 3. The van der Waals surface area contributed by atoms with Gasteiger partial charge in [0.15, 0.2) is 0 Å². The average Bonchev–Trinajstić information content (AvgIpc) is 3.49. The van der Waals surface area contributed by atoms with Crippen LogP contribution in [-0.2, 0) is 0 Å². The molecule has 38 heavy (non-hydrogen) atoms. The van der Waals surface area contributed by atoms with Crippen molar-refractivity contribution in [2.45, 2.75) is 13.0 Å². The smallest absolute Gasteiger partial charge is 0.251 e. The highest BCUT2D eigenvalue weighted by atomic mass is 19.1. The minimum absolute atomic E-state index is 0.108. The van der Waals surface area contributed by atoms with Crippen molar-refractivity contribution in [3.8, 4) is 0 Å². The molecule has 192 valence electrons. The Balaban J connectivity index is 1.14. The molecule has 0 bridgehead atoms. The van der Waals surface area contributed by atoms with Crippen LogP contribution in [0.3, 0.4) is 0 Å². The van der Waals surface area contributed by atoms with Gasteiger partial charge in [0.2, 0.25) is 0 Å². The Bertz CT molecular complexity index is 1490. The van der Waals surface area contributed by atoms with E-state index in [4.69, 9.17) is 0 Å². The first-order valence-electron chi connectivity index (χ1n) is 12.8. The third-order valence-corrected chi connectivity index (χ3v) is 7.44. The topological polar surface area (TPSA) is 90.3 Å². The summed E-state index contributed by atoms with van der Waals surface area (Å²) in [5.41, 5.74) is 6.57. The summed E-state index contributed by atoms with van der Waals surface area (Å²) in [4.78, 5) is 26.6. The van der Waals surface area contributed by atoms with E-state index in [1.807, 2.05) is 30.6 Å². The Morgan fingerprint density at radius 2 is 1.84 bits per heavy atom. The van der Waals surface area contributed by atoms with E-state index in [9.17, 15) is 9.18 Å². The lowest BCUT2D eigenvalue weighted by atomic mass is 9.91. The molecule has 2 atom stereocenters. The number of rotatable bonds is 5. The van der Waals surface area contributed by atoms with Crippen LogP contribution in [-0.4, -0.2) is 59.2 Å². The van der Waals surface area contributed by atoms with E-state index < -0.39 is 0 Å². The maximum absolute atomic E-state index is 13.2. The van der Waals surface area contributed by atoms with E-state index >= 15 is 0 Å². The standard InChI is InChI=1S/C29H28FN7O/c1-19-25(35-29(38)20-5-8-23(30)9-6-20)3-2-4-27(19)36-11-13-37(14-12-36)28-24-15-21(22-16-33-34-17-22)7-10-26(24)31-18-32-28/h2-10,15-19,25H,11-14H2,1H3,(H,33,34)(H,35,38)/p+1. The largest absolute Gasteiger partial charge is 0.371 e. The molecule has 3 N–H and O–H groups in total. The molecule has 1 amide bonds. The Kier molecular flexibility index (Phi) is 6.43. The van der Waals surface area contributed by atoms with Gasteiger partial charge in [-0.15, -0.1) is 0 Å². The molecule has 1 aliphatic carbocycles. The summed E-state index contributed by atoms with van der Waals surface area (Å²) in [6.45, 7) is 5.49. The summed E-state index contributed by atoms with van der Waals surface area (Å²) >= 11 is 0. The number of halogens is 1. The number of quaternary nitrogens is 1. The molecule has 3 aromatic rings. The van der Waals surface area contributed by atoms with Crippen molar-refractivity contribution in [1.29, 1.82) is 0 Å². The maximum atomic E-state index is 13.2. The van der Waals surface area contributed by atoms with Crippen LogP contribution in [0.25, 0.3) is 16.5 Å². The average molecular weight is 511 g/mol. The number of hydrogen-bond acceptors (Lipinski definition) is 6. The quantitative estimate of drug-likeness (QED) is 0.515. The number of anilines is 1. The Morgan fingerprint density at radius 1 is 1.05 bits per heavy atom. The van der Waals surface area contributed by atoms with Crippen LogP contribution in [0.5, 0.6) is 0 Å². The van der Waals surface area contributed by atoms with Gasteiger partial charge in [-0.05, 0) is 48.0 Å². The zero-order valence-electron chi connectivity index (χ0n) is 21.1. The molecule has 0 saturated carbocycles. The predicted octanol–water partition coefficient (Wildman–Crippen LogP) is 2.68. The molecular formula is C29H29FN7O+. The first-order chi connectivity index (χ1) is 18.6. The van der Waals surface area contributed by atoms with Crippen molar-refractivity contribution >= 4 is 34.4 Å². The lowest BCUT2D eigenvalue weighted by Gasteiger charge is -2.41. The molecule has 6 rings (SSSR count). The number of carbonyl (C=O) groups is 1. The van der Waals surface area contributed by atoms with Gasteiger partial charge in [0, 0.05) is 48.7 Å². The van der Waals surface area contributed by atoms with Crippen LogP contribution >= 0.6 is 0 Å². The normalized spacial score (nSPS) is 21.0. The fourth-order valence-corrected chi connectivity index (χ4v) is 5.29. The predicted molar refractivity (Wildman–Crippen MR) is 146 cm³/mol. The van der Waals surface area contributed by atoms with Gasteiger partial charge in [-0.3, -0.25) is 4.79 Å². The van der Waals surface area contributed by atoms with E-state index in [0.29, 0.717) is 5.56 Å². The lowest BCUT2D eigenvalue weighted by molar-refractivity contribution is -0.589. The number of carbonyl (C=O) groups excluding carboxylic acids is 1. The van der Waals surface area contributed by atoms with Crippen LogP contribution in [0.4, 0.5) is 10.2 Å². The highest BCUT2D eigenvalue weighted by molar-refractivity contribution is 6.11. The SMILES string of the molecule is CC1C(N2CCN(c3ncnc4ccc(C5=C[NH2+]N=C5)cc34)CC2)=CC=CC1NC(=O)c1ccc(F)cc1. The van der Waals surface area contributed by atoms with Crippen molar-refractivity contribution in [3.05, 3.63) is 95.9 Å². The van der Waals surface area contributed by atoms with Gasteiger partial charge < -0.3 is 15.1 Å². The number of amides is 1. The number of nitrogens with two attached hydrogens (primary N) is 1. The highest BCUT2D eigenvalue weighted by Gasteiger charge is 2.29. The van der Waals surface area contributed by atoms with Crippen molar-refractivity contribution in [3.63, 3.8) is 0 Å². The molecule has 2 aromatic carbocycles. The molecule has 2 unspecified atom stereocenters. The van der Waals surface area contributed by atoms with Crippen molar-refractivity contribution < 1.29 is 14.6 Å². The van der Waals surface area contributed by atoms with Crippen LogP contribution in [0, 0.1) is 11.7 Å². The summed E-state index contributed by atoms with van der Waals surface area (Å²) in [5, 5.41) is 8.33. The fraction of sp³-hybridized carbons (Fsp3) is 0.241. The monoisotopic (exact) mass is 510 g/mol. The number of benzene rings is 2. The highest BCUT2D eigenvalue weighted by Crippen LogP contribution is 2.30. The number of hydrogen-bond donors (Lipinski definition) is 2. The number of piperazine rings is 1. The molecule has 3 aliphatic rings. The summed E-state index contributed by atoms with van der Waals surface area (Å²) in [7, 11) is 0. The molecule has 1 saturated heterocycles. The van der Waals surface area contributed by atoms with Crippen molar-refractivity contribution in [2.75, 3.05) is 31.1 Å². The van der Waals surface area contributed by atoms with Crippen molar-refractivity contribution in [1.82, 2.24) is 20.2 Å². The zero-order chi connectivity index (χ0) is 26.1. The maximum Gasteiger partial charge on any atom is 0.251 e. The van der Waals surface area contributed by atoms with Gasteiger partial charge in [0.1, 0.15) is 24.2 Å². The second kappa shape index (κ2) is 10.2. The molecule has 2 aliphatic heterocycles. The Morgan fingerprint density at radius 3 is 2.61 bits per heavy atom. The van der Waals surface area contributed by atoms with Crippen LogP contribution in [0.1, 0.15) is 22.8 Å². The molecule has 0 radical (unpaired) electrons. The Hall–Kier alpha value is -4.37. The third kappa shape index (κ3) is 4.68. The summed E-state index contributed by atoms with van der Waals surface area (Å²) in [6.07, 6.45) is 11.7. The summed E-state index contributed by atoms with van der Waals surface area (Å²) in [5.74, 6) is 0.499. The molecular weight excluding hydrogens is 481 g/mol. The summed E-state index contributed by atoms with van der Waals surface area (Å²) in [6, 6.07) is 11.8. The summed E-state index contributed by atoms with van der Waals surface area (Å²) < 4.78 is 13.2. The van der Waals surface area contributed by atoms with Gasteiger partial charge in [-0.25, -0.2) is 14.4 Å². The van der Waals surface area contributed by atoms with E-state index in [0.717, 1.165) is 54.0 Å². The van der Waals surface area contributed by atoms with Crippen LogP contribution in [0.2, 0.25) is 0 Å². The zero-order valence-corrected chi connectivity index (χ0v) is 21.1. The lowest BCUT2D eigenvalue weighted by Crippen LogP contribution is -2.69. The van der Waals surface area contributed by atoms with E-state index in [2.05, 4.69) is 55.3 Å². The van der Waals surface area contributed by atoms with Crippen LogP contribution < -0.4 is 15.6 Å². The molecule has 1 fully saturated rings. The van der Waals surface area contributed by atoms with Gasteiger partial charge in [-0.1, -0.05) is 30.2 Å². The molecule has 9 heteroatoms. The molecule has 8 nitrogen and oxygen atoms in total. The first kappa shape index (κ1) is 24.0. The second-order valence-corrected chi connectivity index (χ2v) is 9.72. The molecule has 0 spiro atoms. The van der Waals surface area contributed by atoms with E-state index in [-0.39, 0.29) is 23.7 Å². The first-order valence-corrected chi connectivity index (χ1v) is 12.8. The third-order valence-electron chi connectivity index (χ3n) is 7.44. The van der Waals surface area contributed by atoms with Gasteiger partial charge in [0.25, 0.3) is 5.91 Å². The number of nitrogens with one attached hydrogen (secondary N) is 1. The Labute approximate surface area is 220 Å². The fourth-order valence-electron chi connectivity index (χ4n) is 5.29. The van der Waals surface area contributed by atoms with Gasteiger partial charge >= 0.3 is 0 Å². The van der Waals surface area contributed by atoms with E-state index in [1.54, 1.807) is 11.8 Å². The second-order valence-electron chi connectivity index (χ2n) is 9.72. The van der Waals surface area contributed by atoms with Crippen LogP contribution in [0.15, 0.2) is 84.0 Å². The molecule has 3 heterocycles. The van der Waals surface area contributed by atoms with Gasteiger partial charge in [-0.2, -0.15) is 5.43 Å². The number of nitrogens with zero attached hydrogens (tertiary/aromatic N) is 5. The van der Waals surface area contributed by atoms with Crippen molar-refractivity contribution in [2.24, 2.45) is 11.0 Å². The minimum atomic E-state index is -0.355. The molecule has 1 aromatic heterocycles. The minimum Gasteiger partial charge on any atom is -0.371 e. The van der Waals surface area contributed by atoms with Gasteiger partial charge in [0.05, 0.1) is 23.3 Å².